The van der Waals surface area contributed by atoms with E-state index in [1.165, 1.54) is 18.3 Å². The topological polar surface area (TPSA) is 70.9 Å². The monoisotopic (exact) mass is 570 g/mol. The maximum Gasteiger partial charge on any atom is 0.275 e. The van der Waals surface area contributed by atoms with E-state index in [-0.39, 0.29) is 17.9 Å². The van der Waals surface area contributed by atoms with E-state index in [4.69, 9.17) is 27.9 Å². The van der Waals surface area contributed by atoms with Crippen LogP contribution >= 0.6 is 55.1 Å². The Morgan fingerprint density at radius 2 is 1.90 bits per heavy atom. The van der Waals surface area contributed by atoms with Crippen LogP contribution in [0.5, 0.6) is 11.5 Å². The first-order chi connectivity index (χ1) is 14.3. The summed E-state index contributed by atoms with van der Waals surface area (Å²) in [6.45, 7) is 0.286. The molecule has 3 rings (SSSR count). The van der Waals surface area contributed by atoms with Crippen LogP contribution in [-0.4, -0.2) is 17.2 Å². The molecule has 5 nitrogen and oxygen atoms in total. The highest BCUT2D eigenvalue weighted by atomic mass is 79.9. The Bertz CT molecular complexity index is 1120. The van der Waals surface area contributed by atoms with Crippen LogP contribution in [0.1, 0.15) is 21.5 Å². The molecule has 9 heteroatoms. The Labute approximate surface area is 199 Å². The second-order valence-corrected chi connectivity index (χ2v) is 8.69. The number of nitrogens with one attached hydrogen (secondary N) is 1. The van der Waals surface area contributed by atoms with Crippen molar-refractivity contribution in [1.82, 2.24) is 5.43 Å². The third-order valence-electron chi connectivity index (χ3n) is 3.94. The molecule has 0 atom stereocenters. The molecule has 0 saturated carbocycles. The number of halogens is 4. The van der Waals surface area contributed by atoms with Crippen LogP contribution in [0.3, 0.4) is 0 Å². The lowest BCUT2D eigenvalue weighted by molar-refractivity contribution is 0.0952. The van der Waals surface area contributed by atoms with Gasteiger partial charge in [-0.15, -0.1) is 0 Å². The molecule has 0 saturated heterocycles. The highest BCUT2D eigenvalue weighted by Crippen LogP contribution is 2.28. The second kappa shape index (κ2) is 10.3. The SMILES string of the molecule is O=C(N/N=C/c1ccc(OCc2ccc(Cl)cc2Cl)c(Br)c1)c1cc(Br)ccc1O. The summed E-state index contributed by atoms with van der Waals surface area (Å²) in [6, 6.07) is 15.2. The fourth-order valence-electron chi connectivity index (χ4n) is 2.42. The second-order valence-electron chi connectivity index (χ2n) is 6.07. The number of amides is 1. The molecule has 0 bridgehead atoms. The summed E-state index contributed by atoms with van der Waals surface area (Å²) >= 11 is 18.8. The molecule has 0 spiro atoms. The number of phenols is 1. The molecular formula is C21H14Br2Cl2N2O3. The standard InChI is InChI=1S/C21H14Br2Cl2N2O3/c22-14-3-5-19(28)16(8-14)21(29)27-26-10-12-1-6-20(17(23)7-12)30-11-13-2-4-15(24)9-18(13)25/h1-10,28H,11H2,(H,27,29)/b26-10+. The number of hydrogen-bond acceptors (Lipinski definition) is 4. The molecule has 0 fully saturated rings. The van der Waals surface area contributed by atoms with Gasteiger partial charge in [-0.25, -0.2) is 5.43 Å². The number of hydrazone groups is 1. The van der Waals surface area contributed by atoms with E-state index in [0.717, 1.165) is 11.1 Å². The minimum atomic E-state index is -0.524. The zero-order valence-corrected chi connectivity index (χ0v) is 19.9. The summed E-state index contributed by atoms with van der Waals surface area (Å²) in [7, 11) is 0. The highest BCUT2D eigenvalue weighted by Gasteiger charge is 2.11. The van der Waals surface area contributed by atoms with E-state index in [1.54, 1.807) is 36.4 Å². The predicted molar refractivity (Wildman–Crippen MR) is 126 cm³/mol. The number of nitrogens with zero attached hydrogens (tertiary/aromatic N) is 1. The highest BCUT2D eigenvalue weighted by molar-refractivity contribution is 9.10. The Balaban J connectivity index is 1.62. The molecule has 0 aromatic heterocycles. The van der Waals surface area contributed by atoms with E-state index >= 15 is 0 Å². The van der Waals surface area contributed by atoms with Crippen LogP contribution in [0.15, 0.2) is 68.6 Å². The van der Waals surface area contributed by atoms with Gasteiger partial charge in [0.2, 0.25) is 0 Å². The molecule has 0 radical (unpaired) electrons. The quantitative estimate of drug-likeness (QED) is 0.259. The maximum absolute atomic E-state index is 12.1. The lowest BCUT2D eigenvalue weighted by Crippen LogP contribution is -2.17. The number of benzene rings is 3. The van der Waals surface area contributed by atoms with Crippen molar-refractivity contribution in [3.8, 4) is 11.5 Å². The molecule has 0 aliphatic carbocycles. The summed E-state index contributed by atoms with van der Waals surface area (Å²) < 4.78 is 7.19. The molecule has 2 N–H and O–H groups in total. The van der Waals surface area contributed by atoms with Gasteiger partial charge in [-0.1, -0.05) is 45.2 Å². The predicted octanol–water partition coefficient (Wildman–Crippen LogP) is 6.57. The van der Waals surface area contributed by atoms with Crippen molar-refractivity contribution in [2.45, 2.75) is 6.61 Å². The van der Waals surface area contributed by atoms with Crippen molar-refractivity contribution >= 4 is 67.2 Å². The molecule has 0 aliphatic rings. The Hall–Kier alpha value is -2.06. The van der Waals surface area contributed by atoms with Gasteiger partial charge in [-0.3, -0.25) is 4.79 Å². The number of phenolic OH excluding ortho intramolecular Hbond substituents is 1. The van der Waals surface area contributed by atoms with Crippen LogP contribution in [0.25, 0.3) is 0 Å². The zero-order valence-electron chi connectivity index (χ0n) is 15.2. The minimum Gasteiger partial charge on any atom is -0.507 e. The fraction of sp³-hybridized carbons (Fsp3) is 0.0476. The number of hydrogen-bond donors (Lipinski definition) is 2. The molecule has 3 aromatic carbocycles. The van der Waals surface area contributed by atoms with Crippen LogP contribution in [0.2, 0.25) is 10.0 Å². The maximum atomic E-state index is 12.1. The average molecular weight is 573 g/mol. The lowest BCUT2D eigenvalue weighted by atomic mass is 10.2. The van der Waals surface area contributed by atoms with Crippen LogP contribution in [0.4, 0.5) is 0 Å². The van der Waals surface area contributed by atoms with E-state index in [0.29, 0.717) is 24.7 Å². The first-order valence-electron chi connectivity index (χ1n) is 8.51. The van der Waals surface area contributed by atoms with E-state index in [9.17, 15) is 9.90 Å². The summed E-state index contributed by atoms with van der Waals surface area (Å²) in [5.41, 5.74) is 4.05. The van der Waals surface area contributed by atoms with Crippen molar-refractivity contribution < 1.29 is 14.6 Å². The third kappa shape index (κ3) is 5.98. The van der Waals surface area contributed by atoms with Crippen LogP contribution in [-0.2, 0) is 6.61 Å². The Kier molecular flexibility index (Phi) is 7.77. The van der Waals surface area contributed by atoms with E-state index in [2.05, 4.69) is 42.4 Å². The molecule has 1 amide bonds. The molecule has 0 heterocycles. The van der Waals surface area contributed by atoms with Gasteiger partial charge in [0.05, 0.1) is 16.3 Å². The van der Waals surface area contributed by atoms with Crippen LogP contribution in [0, 0.1) is 0 Å². The van der Waals surface area contributed by atoms with Crippen molar-refractivity contribution in [3.63, 3.8) is 0 Å². The number of aromatic hydroxyl groups is 1. The minimum absolute atomic E-state index is 0.118. The largest absolute Gasteiger partial charge is 0.507 e. The number of ether oxygens (including phenoxy) is 1. The van der Waals surface area contributed by atoms with Gasteiger partial charge >= 0.3 is 0 Å². The van der Waals surface area contributed by atoms with Crippen molar-refractivity contribution in [2.75, 3.05) is 0 Å². The van der Waals surface area contributed by atoms with Crippen molar-refractivity contribution in [3.05, 3.63) is 90.3 Å². The normalized spacial score (nSPS) is 10.9. The lowest BCUT2D eigenvalue weighted by Gasteiger charge is -2.10. The Morgan fingerprint density at radius 3 is 2.63 bits per heavy atom. The van der Waals surface area contributed by atoms with Gasteiger partial charge < -0.3 is 9.84 Å². The van der Waals surface area contributed by atoms with Gasteiger partial charge in [-0.2, -0.15) is 5.10 Å². The third-order valence-corrected chi connectivity index (χ3v) is 5.64. The summed E-state index contributed by atoms with van der Waals surface area (Å²) in [4.78, 5) is 12.1. The molecule has 0 unspecified atom stereocenters. The summed E-state index contributed by atoms with van der Waals surface area (Å²) in [5, 5.41) is 14.8. The van der Waals surface area contributed by atoms with Gasteiger partial charge in [0.1, 0.15) is 18.1 Å². The van der Waals surface area contributed by atoms with Gasteiger partial charge in [0.15, 0.2) is 0 Å². The number of rotatable bonds is 6. The first-order valence-corrected chi connectivity index (χ1v) is 10.9. The smallest absolute Gasteiger partial charge is 0.275 e. The number of carbonyl (C=O) groups excluding carboxylic acids is 1. The molecular weight excluding hydrogens is 559 g/mol. The molecule has 154 valence electrons. The van der Waals surface area contributed by atoms with Gasteiger partial charge in [0, 0.05) is 20.1 Å². The summed E-state index contributed by atoms with van der Waals surface area (Å²) in [6.07, 6.45) is 1.48. The first kappa shape index (κ1) is 22.6. The molecule has 0 aliphatic heterocycles. The van der Waals surface area contributed by atoms with Gasteiger partial charge in [0.25, 0.3) is 5.91 Å². The number of carbonyl (C=O) groups is 1. The van der Waals surface area contributed by atoms with Crippen molar-refractivity contribution in [1.29, 1.82) is 0 Å². The molecule has 30 heavy (non-hydrogen) atoms. The average Bonchev–Trinajstić information content (AvgIpc) is 2.70. The zero-order chi connectivity index (χ0) is 21.7. The van der Waals surface area contributed by atoms with Gasteiger partial charge in [-0.05, 0) is 70.0 Å². The Morgan fingerprint density at radius 1 is 1.10 bits per heavy atom. The van der Waals surface area contributed by atoms with Crippen molar-refractivity contribution in [2.24, 2.45) is 5.10 Å². The van der Waals surface area contributed by atoms with E-state index < -0.39 is 5.91 Å². The summed E-state index contributed by atoms with van der Waals surface area (Å²) in [5.74, 6) is -0.0268. The van der Waals surface area contributed by atoms with E-state index in [1.807, 2.05) is 6.07 Å². The van der Waals surface area contributed by atoms with Crippen LogP contribution < -0.4 is 10.2 Å². The molecule has 3 aromatic rings. The fourth-order valence-corrected chi connectivity index (χ4v) is 3.76.